The van der Waals surface area contributed by atoms with Crippen LogP contribution in [0.25, 0.3) is 0 Å². The lowest BCUT2D eigenvalue weighted by atomic mass is 10.0. The van der Waals surface area contributed by atoms with Gasteiger partial charge in [0.15, 0.2) is 0 Å². The molecule has 0 aliphatic carbocycles. The van der Waals surface area contributed by atoms with Crippen LogP contribution in [-0.4, -0.2) is 66.9 Å². The topological polar surface area (TPSA) is 166 Å². The summed E-state index contributed by atoms with van der Waals surface area (Å²) in [5.74, 6) is -6.11. The standard InChI is InChI=1S/C26H23F2N5O7S/c1-32-11-8-22(34)33(26(32)38)17-4-2-15(3-5-17)12-21(25(36)37)30-24(35)23-19(27)13-16(14-20(23)28)31-41(39,40)18-6-9-29-10-7-18/h2-7,9-10,13-14,21,31H,8,11-12H2,1H3,(H,30,35)(H,36,37)/t21-/m0/s1. The van der Waals surface area contributed by atoms with Crippen LogP contribution < -0.4 is 14.9 Å². The minimum absolute atomic E-state index is 0.141. The van der Waals surface area contributed by atoms with Gasteiger partial charge in [-0.1, -0.05) is 12.1 Å². The Bertz CT molecular complexity index is 1600. The summed E-state index contributed by atoms with van der Waals surface area (Å²) in [6.45, 7) is 0.289. The number of urea groups is 1. The zero-order chi connectivity index (χ0) is 29.9. The van der Waals surface area contributed by atoms with E-state index in [1.165, 1.54) is 53.7 Å². The summed E-state index contributed by atoms with van der Waals surface area (Å²) >= 11 is 0. The van der Waals surface area contributed by atoms with E-state index in [1.807, 2.05) is 4.72 Å². The third-order valence-corrected chi connectivity index (χ3v) is 7.54. The summed E-state index contributed by atoms with van der Waals surface area (Å²) in [5, 5.41) is 11.7. The number of amides is 4. The van der Waals surface area contributed by atoms with Crippen molar-refractivity contribution in [3.05, 3.63) is 83.7 Å². The van der Waals surface area contributed by atoms with E-state index >= 15 is 0 Å². The zero-order valence-corrected chi connectivity index (χ0v) is 22.2. The third kappa shape index (κ3) is 6.46. The summed E-state index contributed by atoms with van der Waals surface area (Å²) in [6.07, 6.45) is 2.27. The lowest BCUT2D eigenvalue weighted by Crippen LogP contribution is -2.50. The second kappa shape index (κ2) is 11.7. The van der Waals surface area contributed by atoms with Crippen LogP contribution in [0.1, 0.15) is 22.3 Å². The fourth-order valence-electron chi connectivity index (χ4n) is 4.03. The number of hydrogen-bond donors (Lipinski definition) is 3. The second-order valence-electron chi connectivity index (χ2n) is 9.02. The Kier molecular flexibility index (Phi) is 8.28. The highest BCUT2D eigenvalue weighted by atomic mass is 32.2. The van der Waals surface area contributed by atoms with Crippen LogP contribution >= 0.6 is 0 Å². The number of imide groups is 1. The van der Waals surface area contributed by atoms with Crippen LogP contribution in [0, 0.1) is 11.6 Å². The molecule has 15 heteroatoms. The van der Waals surface area contributed by atoms with Crippen LogP contribution in [0.4, 0.5) is 25.0 Å². The van der Waals surface area contributed by atoms with Crippen molar-refractivity contribution in [2.45, 2.75) is 23.8 Å². The highest BCUT2D eigenvalue weighted by Crippen LogP contribution is 2.24. The van der Waals surface area contributed by atoms with E-state index in [0.717, 1.165) is 4.90 Å². The molecule has 0 radical (unpaired) electrons. The van der Waals surface area contributed by atoms with Crippen molar-refractivity contribution in [3.63, 3.8) is 0 Å². The van der Waals surface area contributed by atoms with Gasteiger partial charge in [-0.3, -0.25) is 19.3 Å². The fraction of sp³-hybridized carbons (Fsp3) is 0.192. The van der Waals surface area contributed by atoms with E-state index in [2.05, 4.69) is 10.3 Å². The molecule has 1 atom stereocenters. The summed E-state index contributed by atoms with van der Waals surface area (Å²) in [7, 11) is -2.66. The molecular formula is C26H23F2N5O7S. The van der Waals surface area contributed by atoms with E-state index in [-0.39, 0.29) is 30.0 Å². The molecule has 1 aliphatic heterocycles. The first-order chi connectivity index (χ1) is 19.4. The number of benzene rings is 2. The first kappa shape index (κ1) is 29.1. The zero-order valence-electron chi connectivity index (χ0n) is 21.4. The Balaban J connectivity index is 1.48. The number of carbonyl (C=O) groups excluding carboxylic acids is 3. The number of sulfonamides is 1. The number of aromatic nitrogens is 1. The molecule has 214 valence electrons. The van der Waals surface area contributed by atoms with Crippen LogP contribution in [0.3, 0.4) is 0 Å². The first-order valence-corrected chi connectivity index (χ1v) is 13.5. The quantitative estimate of drug-likeness (QED) is 0.343. The molecule has 12 nitrogen and oxygen atoms in total. The van der Waals surface area contributed by atoms with Gasteiger partial charge in [0.1, 0.15) is 23.2 Å². The molecule has 41 heavy (non-hydrogen) atoms. The molecule has 1 aromatic heterocycles. The lowest BCUT2D eigenvalue weighted by Gasteiger charge is -2.31. The number of hydrogen-bond acceptors (Lipinski definition) is 7. The molecule has 2 heterocycles. The number of rotatable bonds is 9. The molecule has 4 rings (SSSR count). The van der Waals surface area contributed by atoms with Crippen molar-refractivity contribution in [1.29, 1.82) is 0 Å². The van der Waals surface area contributed by atoms with Crippen LogP contribution in [0.5, 0.6) is 0 Å². The molecule has 4 amide bonds. The summed E-state index contributed by atoms with van der Waals surface area (Å²) in [4.78, 5) is 55.0. The van der Waals surface area contributed by atoms with Gasteiger partial charge in [-0.15, -0.1) is 0 Å². The minimum atomic E-state index is -4.21. The maximum absolute atomic E-state index is 14.8. The molecule has 0 saturated carbocycles. The number of nitrogens with one attached hydrogen (secondary N) is 2. The largest absolute Gasteiger partial charge is 0.480 e. The molecule has 2 aromatic carbocycles. The number of aliphatic carboxylic acids is 1. The monoisotopic (exact) mass is 587 g/mol. The Morgan fingerprint density at radius 3 is 2.24 bits per heavy atom. The van der Waals surface area contributed by atoms with Crippen molar-refractivity contribution >= 4 is 45.2 Å². The van der Waals surface area contributed by atoms with E-state index in [0.29, 0.717) is 17.7 Å². The summed E-state index contributed by atoms with van der Waals surface area (Å²) in [6, 6.07) is 7.19. The number of halogens is 2. The number of anilines is 2. The second-order valence-corrected chi connectivity index (χ2v) is 10.7. The Labute approximate surface area is 232 Å². The number of carbonyl (C=O) groups is 4. The van der Waals surface area contributed by atoms with E-state index in [4.69, 9.17) is 0 Å². The Morgan fingerprint density at radius 1 is 1.05 bits per heavy atom. The average molecular weight is 588 g/mol. The van der Waals surface area contributed by atoms with Crippen LogP contribution in [0.2, 0.25) is 0 Å². The molecule has 3 N–H and O–H groups in total. The van der Waals surface area contributed by atoms with E-state index < -0.39 is 62.8 Å². The number of carboxylic acid groups (broad SMARTS) is 1. The average Bonchev–Trinajstić information content (AvgIpc) is 2.91. The molecule has 0 bridgehead atoms. The van der Waals surface area contributed by atoms with Gasteiger partial charge in [0.25, 0.3) is 15.9 Å². The molecule has 1 fully saturated rings. The smallest absolute Gasteiger partial charge is 0.331 e. The molecular weight excluding hydrogens is 564 g/mol. The van der Waals surface area contributed by atoms with Gasteiger partial charge in [-0.25, -0.2) is 31.7 Å². The summed E-state index contributed by atoms with van der Waals surface area (Å²) < 4.78 is 56.4. The maximum Gasteiger partial charge on any atom is 0.331 e. The predicted octanol–water partition coefficient (Wildman–Crippen LogP) is 2.37. The van der Waals surface area contributed by atoms with Crippen LogP contribution in [-0.2, 0) is 26.0 Å². The first-order valence-electron chi connectivity index (χ1n) is 12.0. The number of carboxylic acids is 1. The van der Waals surface area contributed by atoms with E-state index in [9.17, 15) is 41.5 Å². The highest BCUT2D eigenvalue weighted by molar-refractivity contribution is 7.92. The molecule has 1 saturated heterocycles. The minimum Gasteiger partial charge on any atom is -0.480 e. The van der Waals surface area contributed by atoms with Crippen LogP contribution in [0.15, 0.2) is 65.8 Å². The van der Waals surface area contributed by atoms with Gasteiger partial charge in [0.05, 0.1) is 16.3 Å². The molecule has 0 unspecified atom stereocenters. The van der Waals surface area contributed by atoms with Crippen molar-refractivity contribution in [2.24, 2.45) is 0 Å². The molecule has 1 aliphatic rings. The summed E-state index contributed by atoms with van der Waals surface area (Å²) in [5.41, 5.74) is -0.951. The highest BCUT2D eigenvalue weighted by Gasteiger charge is 2.31. The lowest BCUT2D eigenvalue weighted by molar-refractivity contribution is -0.139. The van der Waals surface area contributed by atoms with Crippen molar-refractivity contribution in [3.8, 4) is 0 Å². The van der Waals surface area contributed by atoms with Gasteiger partial charge < -0.3 is 15.3 Å². The van der Waals surface area contributed by atoms with Gasteiger partial charge in [0, 0.05) is 38.8 Å². The molecule has 3 aromatic rings. The number of pyridine rings is 1. The third-order valence-electron chi connectivity index (χ3n) is 6.15. The van der Waals surface area contributed by atoms with Gasteiger partial charge in [0.2, 0.25) is 5.91 Å². The van der Waals surface area contributed by atoms with Crippen molar-refractivity contribution in [2.75, 3.05) is 23.2 Å². The fourth-order valence-corrected chi connectivity index (χ4v) is 5.06. The normalized spacial score (nSPS) is 14.5. The Hall–Kier alpha value is -4.92. The SMILES string of the molecule is CN1CCC(=O)N(c2ccc(C[C@H](NC(=O)c3c(F)cc(NS(=O)(=O)c4ccncc4)cc3F)C(=O)O)cc2)C1=O. The van der Waals surface area contributed by atoms with Crippen molar-refractivity contribution < 1.29 is 41.5 Å². The maximum atomic E-state index is 14.8. The van der Waals surface area contributed by atoms with Gasteiger partial charge >= 0.3 is 12.0 Å². The number of nitrogens with zero attached hydrogens (tertiary/aromatic N) is 3. The molecule has 0 spiro atoms. The van der Waals surface area contributed by atoms with E-state index in [1.54, 1.807) is 7.05 Å². The van der Waals surface area contributed by atoms with Gasteiger partial charge in [-0.05, 0) is 42.0 Å². The van der Waals surface area contributed by atoms with Crippen molar-refractivity contribution in [1.82, 2.24) is 15.2 Å². The Morgan fingerprint density at radius 2 is 1.66 bits per heavy atom. The van der Waals surface area contributed by atoms with Gasteiger partial charge in [-0.2, -0.15) is 0 Å². The predicted molar refractivity (Wildman–Crippen MR) is 141 cm³/mol.